The van der Waals surface area contributed by atoms with E-state index in [9.17, 15) is 4.79 Å². The molecule has 3 aromatic rings. The number of carbonyl (C=O) groups is 1. The van der Waals surface area contributed by atoms with Crippen LogP contribution < -0.4 is 5.32 Å². The van der Waals surface area contributed by atoms with Gasteiger partial charge in [0.05, 0.1) is 11.4 Å². The number of ether oxygens (including phenoxy) is 1. The lowest BCUT2D eigenvalue weighted by atomic mass is 10.2. The Hall–Kier alpha value is -2.22. The molecule has 25 heavy (non-hydrogen) atoms. The number of thiazole rings is 1. The summed E-state index contributed by atoms with van der Waals surface area (Å²) in [6.07, 6.45) is 0. The molecule has 0 saturated heterocycles. The zero-order chi connectivity index (χ0) is 17.8. The fourth-order valence-electron chi connectivity index (χ4n) is 2.22. The van der Waals surface area contributed by atoms with E-state index in [0.29, 0.717) is 22.6 Å². The van der Waals surface area contributed by atoms with Crippen molar-refractivity contribution >= 4 is 34.7 Å². The maximum absolute atomic E-state index is 11.9. The zero-order valence-electron chi connectivity index (χ0n) is 13.8. The number of hydrogen-bond donors (Lipinski definition) is 1. The molecule has 1 N–H and O–H groups in total. The van der Waals surface area contributed by atoms with Crippen molar-refractivity contribution < 1.29 is 9.53 Å². The van der Waals surface area contributed by atoms with E-state index in [2.05, 4.69) is 15.4 Å². The molecule has 0 radical (unpaired) electrons. The summed E-state index contributed by atoms with van der Waals surface area (Å²) in [4.78, 5) is 16.5. The van der Waals surface area contributed by atoms with Crippen LogP contribution >= 0.6 is 22.9 Å². The van der Waals surface area contributed by atoms with Crippen LogP contribution in [0.5, 0.6) is 0 Å². The first-order valence-electron chi connectivity index (χ1n) is 7.73. The molecule has 0 fully saturated rings. The normalized spacial score (nSPS) is 10.8. The molecule has 1 aromatic carbocycles. The molecule has 2 heterocycles. The summed E-state index contributed by atoms with van der Waals surface area (Å²) in [5, 5.41) is 10.5. The van der Waals surface area contributed by atoms with Gasteiger partial charge in [-0.15, -0.1) is 11.3 Å². The summed E-state index contributed by atoms with van der Waals surface area (Å²) >= 11 is 7.37. The molecule has 0 unspecified atom stereocenters. The number of benzene rings is 1. The second-order valence-electron chi connectivity index (χ2n) is 5.29. The van der Waals surface area contributed by atoms with Crippen molar-refractivity contribution in [2.75, 3.05) is 18.5 Å². The van der Waals surface area contributed by atoms with Gasteiger partial charge in [-0.05, 0) is 26.0 Å². The molecule has 0 aliphatic carbocycles. The van der Waals surface area contributed by atoms with Crippen LogP contribution in [0.1, 0.15) is 12.6 Å². The summed E-state index contributed by atoms with van der Waals surface area (Å²) in [7, 11) is 0. The van der Waals surface area contributed by atoms with Crippen molar-refractivity contribution in [1.82, 2.24) is 14.8 Å². The fraction of sp³-hybridized carbons (Fsp3) is 0.235. The minimum absolute atomic E-state index is 0.00855. The van der Waals surface area contributed by atoms with Gasteiger partial charge in [0.1, 0.15) is 12.4 Å². The first-order valence-corrected chi connectivity index (χ1v) is 8.98. The van der Waals surface area contributed by atoms with Gasteiger partial charge in [0.2, 0.25) is 5.13 Å². The average Bonchev–Trinajstić information content (AvgIpc) is 3.20. The van der Waals surface area contributed by atoms with Crippen LogP contribution in [0.3, 0.4) is 0 Å². The van der Waals surface area contributed by atoms with E-state index < -0.39 is 0 Å². The standard InChI is InChI=1S/C17H17ClN4O2S/c1-3-24-9-16(23)20-15-8-11(2)21-22(15)17-19-14(10-25-17)12-4-6-13(18)7-5-12/h4-8,10H,3,9H2,1-2H3,(H,20,23). The molecule has 2 aromatic heterocycles. The van der Waals surface area contributed by atoms with E-state index in [0.717, 1.165) is 17.0 Å². The molecule has 0 aliphatic heterocycles. The molecule has 1 amide bonds. The average molecular weight is 377 g/mol. The predicted molar refractivity (Wildman–Crippen MR) is 99.5 cm³/mol. The van der Waals surface area contributed by atoms with Crippen LogP contribution in [-0.4, -0.2) is 33.9 Å². The highest BCUT2D eigenvalue weighted by molar-refractivity contribution is 7.12. The smallest absolute Gasteiger partial charge is 0.251 e. The molecular weight excluding hydrogens is 360 g/mol. The highest BCUT2D eigenvalue weighted by atomic mass is 35.5. The number of carbonyl (C=O) groups excluding carboxylic acids is 1. The van der Waals surface area contributed by atoms with Gasteiger partial charge in [-0.2, -0.15) is 9.78 Å². The predicted octanol–water partition coefficient (Wildman–Crippen LogP) is 3.93. The number of aromatic nitrogens is 3. The molecule has 0 aliphatic rings. The van der Waals surface area contributed by atoms with Crippen LogP contribution in [0.15, 0.2) is 35.7 Å². The highest BCUT2D eigenvalue weighted by Crippen LogP contribution is 2.27. The molecule has 8 heteroatoms. The summed E-state index contributed by atoms with van der Waals surface area (Å²) < 4.78 is 6.75. The van der Waals surface area contributed by atoms with E-state index >= 15 is 0 Å². The Balaban J connectivity index is 1.85. The lowest BCUT2D eigenvalue weighted by Crippen LogP contribution is -2.20. The Kier molecular flexibility index (Phi) is 5.47. The van der Waals surface area contributed by atoms with Gasteiger partial charge in [-0.1, -0.05) is 23.7 Å². The third kappa shape index (κ3) is 4.25. The van der Waals surface area contributed by atoms with Crippen molar-refractivity contribution in [3.8, 4) is 16.4 Å². The largest absolute Gasteiger partial charge is 0.372 e. The number of nitrogens with zero attached hydrogens (tertiary/aromatic N) is 3. The Morgan fingerprint density at radius 3 is 2.84 bits per heavy atom. The van der Waals surface area contributed by atoms with Crippen molar-refractivity contribution in [2.24, 2.45) is 0 Å². The number of hydrogen-bond acceptors (Lipinski definition) is 5. The first kappa shape index (κ1) is 17.6. The van der Waals surface area contributed by atoms with Gasteiger partial charge >= 0.3 is 0 Å². The molecule has 0 spiro atoms. The molecule has 0 atom stereocenters. The van der Waals surface area contributed by atoms with E-state index in [4.69, 9.17) is 16.3 Å². The van der Waals surface area contributed by atoms with Gasteiger partial charge in [-0.3, -0.25) is 4.79 Å². The summed E-state index contributed by atoms with van der Waals surface area (Å²) in [6.45, 7) is 4.20. The number of amides is 1. The fourth-order valence-corrected chi connectivity index (χ4v) is 3.14. The van der Waals surface area contributed by atoms with E-state index in [1.54, 1.807) is 10.7 Å². The summed E-state index contributed by atoms with van der Waals surface area (Å²) in [6, 6.07) is 9.29. The number of nitrogens with one attached hydrogen (secondary N) is 1. The lowest BCUT2D eigenvalue weighted by Gasteiger charge is -2.06. The third-order valence-corrected chi connectivity index (χ3v) is 4.42. The zero-order valence-corrected chi connectivity index (χ0v) is 15.4. The van der Waals surface area contributed by atoms with E-state index in [1.807, 2.05) is 43.5 Å². The van der Waals surface area contributed by atoms with E-state index in [1.165, 1.54) is 11.3 Å². The first-order chi connectivity index (χ1) is 12.1. The minimum atomic E-state index is -0.225. The van der Waals surface area contributed by atoms with Gasteiger partial charge in [-0.25, -0.2) is 4.98 Å². The van der Waals surface area contributed by atoms with Gasteiger partial charge < -0.3 is 10.1 Å². The van der Waals surface area contributed by atoms with E-state index in [-0.39, 0.29) is 12.5 Å². The maximum Gasteiger partial charge on any atom is 0.251 e. The van der Waals surface area contributed by atoms with Gasteiger partial charge in [0, 0.05) is 28.6 Å². The van der Waals surface area contributed by atoms with Crippen LogP contribution in [0.4, 0.5) is 5.82 Å². The Morgan fingerprint density at radius 2 is 2.12 bits per heavy atom. The monoisotopic (exact) mass is 376 g/mol. The lowest BCUT2D eigenvalue weighted by molar-refractivity contribution is -0.120. The van der Waals surface area contributed by atoms with Crippen molar-refractivity contribution in [1.29, 1.82) is 0 Å². The third-order valence-electron chi connectivity index (χ3n) is 3.35. The minimum Gasteiger partial charge on any atom is -0.372 e. The van der Waals surface area contributed by atoms with Crippen molar-refractivity contribution in [3.05, 3.63) is 46.4 Å². The van der Waals surface area contributed by atoms with Crippen LogP contribution in [0.25, 0.3) is 16.4 Å². The van der Waals surface area contributed by atoms with Crippen molar-refractivity contribution in [3.63, 3.8) is 0 Å². The Labute approximate surface area is 154 Å². The Bertz CT molecular complexity index is 873. The molecule has 3 rings (SSSR count). The molecule has 0 bridgehead atoms. The second kappa shape index (κ2) is 7.77. The number of rotatable bonds is 6. The summed E-state index contributed by atoms with van der Waals surface area (Å²) in [5.41, 5.74) is 2.59. The van der Waals surface area contributed by atoms with Crippen molar-refractivity contribution in [2.45, 2.75) is 13.8 Å². The van der Waals surface area contributed by atoms with Crippen LogP contribution in [-0.2, 0) is 9.53 Å². The number of anilines is 1. The molecule has 0 saturated carbocycles. The quantitative estimate of drug-likeness (QED) is 0.707. The topological polar surface area (TPSA) is 69.0 Å². The van der Waals surface area contributed by atoms with Crippen LogP contribution in [0.2, 0.25) is 5.02 Å². The molecular formula is C17H17ClN4O2S. The maximum atomic E-state index is 11.9. The van der Waals surface area contributed by atoms with Gasteiger partial charge in [0.15, 0.2) is 0 Å². The number of aryl methyl sites for hydroxylation is 1. The second-order valence-corrected chi connectivity index (χ2v) is 6.56. The highest BCUT2D eigenvalue weighted by Gasteiger charge is 2.14. The van der Waals surface area contributed by atoms with Gasteiger partial charge in [0.25, 0.3) is 5.91 Å². The molecule has 130 valence electrons. The van der Waals surface area contributed by atoms with Crippen LogP contribution in [0, 0.1) is 6.92 Å². The number of halogens is 1. The summed E-state index contributed by atoms with van der Waals surface area (Å²) in [5.74, 6) is 0.344. The molecule has 6 nitrogen and oxygen atoms in total. The SMILES string of the molecule is CCOCC(=O)Nc1cc(C)nn1-c1nc(-c2ccc(Cl)cc2)cs1. The Morgan fingerprint density at radius 1 is 1.36 bits per heavy atom.